The number of rotatable bonds is 6. The number of methoxy groups -OCH3 is 1. The lowest BCUT2D eigenvalue weighted by Gasteiger charge is -2.12. The zero-order chi connectivity index (χ0) is 22.9. The molecule has 8 nitrogen and oxygen atoms in total. The predicted molar refractivity (Wildman–Crippen MR) is 127 cm³/mol. The van der Waals surface area contributed by atoms with E-state index >= 15 is 0 Å². The molecule has 0 spiro atoms. The molecule has 3 aromatic heterocycles. The van der Waals surface area contributed by atoms with Crippen molar-refractivity contribution in [3.63, 3.8) is 0 Å². The van der Waals surface area contributed by atoms with Gasteiger partial charge in [-0.05, 0) is 42.5 Å². The highest BCUT2D eigenvalue weighted by Gasteiger charge is 2.20. The van der Waals surface area contributed by atoms with Gasteiger partial charge in [-0.1, -0.05) is 18.2 Å². The van der Waals surface area contributed by atoms with Gasteiger partial charge in [0.15, 0.2) is 0 Å². The van der Waals surface area contributed by atoms with Crippen LogP contribution in [0.1, 0.15) is 5.76 Å². The van der Waals surface area contributed by atoms with Gasteiger partial charge in [0.2, 0.25) is 5.91 Å². The smallest absolute Gasteiger partial charge is 0.332 e. The van der Waals surface area contributed by atoms with E-state index in [-0.39, 0.29) is 19.0 Å². The van der Waals surface area contributed by atoms with Gasteiger partial charge in [-0.2, -0.15) is 0 Å². The van der Waals surface area contributed by atoms with E-state index in [1.165, 1.54) is 22.2 Å². The van der Waals surface area contributed by atoms with Crippen molar-refractivity contribution in [1.82, 2.24) is 9.13 Å². The zero-order valence-electron chi connectivity index (χ0n) is 17.6. The summed E-state index contributed by atoms with van der Waals surface area (Å²) in [6.07, 6.45) is 1.49. The fourth-order valence-electron chi connectivity index (χ4n) is 3.76. The number of hydrogen-bond acceptors (Lipinski definition) is 6. The van der Waals surface area contributed by atoms with Crippen molar-refractivity contribution in [2.24, 2.45) is 0 Å². The van der Waals surface area contributed by atoms with E-state index in [1.807, 2.05) is 24.3 Å². The summed E-state index contributed by atoms with van der Waals surface area (Å²) in [6.45, 7) is -0.268. The second-order valence-corrected chi connectivity index (χ2v) is 8.44. The lowest BCUT2D eigenvalue weighted by Crippen LogP contribution is -2.41. The van der Waals surface area contributed by atoms with Crippen LogP contribution in [0, 0.1) is 0 Å². The van der Waals surface area contributed by atoms with Gasteiger partial charge in [0.1, 0.15) is 22.8 Å². The first kappa shape index (κ1) is 20.8. The van der Waals surface area contributed by atoms with Crippen LogP contribution in [0.5, 0.6) is 5.75 Å². The Labute approximate surface area is 191 Å². The van der Waals surface area contributed by atoms with Gasteiger partial charge in [-0.15, -0.1) is 11.3 Å². The Morgan fingerprint density at radius 1 is 1.03 bits per heavy atom. The first-order chi connectivity index (χ1) is 16.0. The third-order valence-corrected chi connectivity index (χ3v) is 6.46. The molecule has 0 atom stereocenters. The molecule has 2 aromatic carbocycles. The number of benzene rings is 2. The fourth-order valence-corrected chi connectivity index (χ4v) is 4.91. The molecule has 166 valence electrons. The molecule has 0 radical (unpaired) electrons. The Kier molecular flexibility index (Phi) is 5.31. The normalized spacial score (nSPS) is 11.2. The summed E-state index contributed by atoms with van der Waals surface area (Å²) in [5.41, 5.74) is 0.0621. The van der Waals surface area contributed by atoms with E-state index in [2.05, 4.69) is 5.32 Å². The van der Waals surface area contributed by atoms with Crippen LogP contribution in [0.4, 0.5) is 5.69 Å². The molecule has 0 saturated carbocycles. The van der Waals surface area contributed by atoms with Crippen molar-refractivity contribution in [3.05, 3.63) is 93.5 Å². The standard InChI is InChI=1S/C24H19N3O5S/c1-31-16-10-8-15(9-11-16)25-20(28)14-26-21-18-6-2-3-7-19(18)33-22(21)23(29)27(24(26)30)13-17-5-4-12-32-17/h2-12H,13-14H2,1H3,(H,25,28). The predicted octanol–water partition coefficient (Wildman–Crippen LogP) is 3.67. The molecule has 3 heterocycles. The number of nitrogens with zero attached hydrogens (tertiary/aromatic N) is 2. The molecular formula is C24H19N3O5S. The van der Waals surface area contributed by atoms with Crippen LogP contribution in [0.3, 0.4) is 0 Å². The van der Waals surface area contributed by atoms with Gasteiger partial charge in [0, 0.05) is 15.8 Å². The first-order valence-electron chi connectivity index (χ1n) is 10.2. The minimum Gasteiger partial charge on any atom is -0.497 e. The Bertz CT molecular complexity index is 1580. The molecule has 9 heteroatoms. The van der Waals surface area contributed by atoms with E-state index < -0.39 is 11.2 Å². The number of amides is 1. The minimum absolute atomic E-state index is 0.0189. The SMILES string of the molecule is COc1ccc(NC(=O)Cn2c(=O)n(Cc3ccco3)c(=O)c3sc4ccccc4c32)cc1. The van der Waals surface area contributed by atoms with Crippen molar-refractivity contribution in [2.45, 2.75) is 13.1 Å². The maximum Gasteiger partial charge on any atom is 0.332 e. The molecule has 0 aliphatic heterocycles. The summed E-state index contributed by atoms with van der Waals surface area (Å²) >= 11 is 1.30. The quantitative estimate of drug-likeness (QED) is 0.416. The average Bonchev–Trinajstić information content (AvgIpc) is 3.48. The molecule has 0 saturated heterocycles. The van der Waals surface area contributed by atoms with Gasteiger partial charge in [0.25, 0.3) is 5.56 Å². The molecule has 1 N–H and O–H groups in total. The molecule has 0 fully saturated rings. The number of carbonyl (C=O) groups is 1. The van der Waals surface area contributed by atoms with Crippen LogP contribution < -0.4 is 21.3 Å². The fraction of sp³-hybridized carbons (Fsp3) is 0.125. The molecule has 0 aliphatic rings. The van der Waals surface area contributed by atoms with E-state index in [0.29, 0.717) is 27.4 Å². The summed E-state index contributed by atoms with van der Waals surface area (Å²) in [5.74, 6) is 0.756. The Morgan fingerprint density at radius 3 is 2.55 bits per heavy atom. The van der Waals surface area contributed by atoms with Crippen molar-refractivity contribution in [3.8, 4) is 5.75 Å². The Balaban J connectivity index is 1.61. The average molecular weight is 461 g/mol. The molecule has 1 amide bonds. The Hall–Kier alpha value is -4.11. The third-order valence-electron chi connectivity index (χ3n) is 5.31. The summed E-state index contributed by atoms with van der Waals surface area (Å²) in [5, 5.41) is 3.56. The number of furan rings is 1. The van der Waals surface area contributed by atoms with Gasteiger partial charge in [-0.25, -0.2) is 4.79 Å². The topological polar surface area (TPSA) is 95.5 Å². The molecule has 33 heavy (non-hydrogen) atoms. The number of thiophene rings is 1. The highest BCUT2D eigenvalue weighted by atomic mass is 32.1. The summed E-state index contributed by atoms with van der Waals surface area (Å²) in [7, 11) is 1.56. The monoisotopic (exact) mass is 461 g/mol. The molecular weight excluding hydrogens is 442 g/mol. The van der Waals surface area contributed by atoms with Crippen LogP contribution in [-0.2, 0) is 17.9 Å². The van der Waals surface area contributed by atoms with Gasteiger partial charge in [-0.3, -0.25) is 18.7 Å². The van der Waals surface area contributed by atoms with Crippen molar-refractivity contribution in [2.75, 3.05) is 12.4 Å². The molecule has 0 bridgehead atoms. The largest absolute Gasteiger partial charge is 0.497 e. The summed E-state index contributed by atoms with van der Waals surface area (Å²) in [4.78, 5) is 39.6. The highest BCUT2D eigenvalue weighted by Crippen LogP contribution is 2.31. The second-order valence-electron chi connectivity index (χ2n) is 7.39. The molecule has 5 aromatic rings. The van der Waals surface area contributed by atoms with Gasteiger partial charge >= 0.3 is 5.69 Å². The van der Waals surface area contributed by atoms with Crippen molar-refractivity contribution in [1.29, 1.82) is 0 Å². The van der Waals surface area contributed by atoms with Gasteiger partial charge in [0.05, 0.1) is 25.4 Å². The maximum absolute atomic E-state index is 13.4. The highest BCUT2D eigenvalue weighted by molar-refractivity contribution is 7.25. The van der Waals surface area contributed by atoms with Crippen LogP contribution in [0.25, 0.3) is 20.3 Å². The van der Waals surface area contributed by atoms with Crippen LogP contribution in [0.2, 0.25) is 0 Å². The maximum atomic E-state index is 13.4. The lowest BCUT2D eigenvalue weighted by molar-refractivity contribution is -0.116. The Morgan fingerprint density at radius 2 is 1.82 bits per heavy atom. The summed E-state index contributed by atoms with van der Waals surface area (Å²) < 4.78 is 14.2. The van der Waals surface area contributed by atoms with Crippen LogP contribution in [0.15, 0.2) is 80.9 Å². The lowest BCUT2D eigenvalue weighted by atomic mass is 10.2. The van der Waals surface area contributed by atoms with E-state index in [4.69, 9.17) is 9.15 Å². The number of fused-ring (bicyclic) bond motifs is 3. The third kappa shape index (κ3) is 3.83. The number of anilines is 1. The second kappa shape index (κ2) is 8.44. The molecule has 5 rings (SSSR count). The number of aromatic nitrogens is 2. The van der Waals surface area contributed by atoms with E-state index in [9.17, 15) is 14.4 Å². The zero-order valence-corrected chi connectivity index (χ0v) is 18.4. The molecule has 0 aliphatic carbocycles. The molecule has 0 unspecified atom stereocenters. The van der Waals surface area contributed by atoms with E-state index in [1.54, 1.807) is 43.5 Å². The summed E-state index contributed by atoms with van der Waals surface area (Å²) in [6, 6.07) is 17.7. The van der Waals surface area contributed by atoms with Crippen LogP contribution in [-0.4, -0.2) is 22.2 Å². The minimum atomic E-state index is -0.572. The first-order valence-corrected chi connectivity index (χ1v) is 11.0. The van der Waals surface area contributed by atoms with E-state index in [0.717, 1.165) is 14.7 Å². The number of ether oxygens (including phenoxy) is 1. The number of carbonyl (C=O) groups excluding carboxylic acids is 1. The number of hydrogen-bond donors (Lipinski definition) is 1. The number of nitrogens with one attached hydrogen (secondary N) is 1. The van der Waals surface area contributed by atoms with Crippen molar-refractivity contribution < 1.29 is 13.9 Å². The van der Waals surface area contributed by atoms with Crippen molar-refractivity contribution >= 4 is 43.2 Å². The van der Waals surface area contributed by atoms with Gasteiger partial charge < -0.3 is 14.5 Å². The van der Waals surface area contributed by atoms with Crippen LogP contribution >= 0.6 is 11.3 Å².